The van der Waals surface area contributed by atoms with Crippen LogP contribution in [0.25, 0.3) is 0 Å². The molecule has 0 heterocycles. The first kappa shape index (κ1) is 21.3. The molecule has 6 heteroatoms. The first-order valence-corrected chi connectivity index (χ1v) is 9.60. The van der Waals surface area contributed by atoms with Crippen LogP contribution in [-0.4, -0.2) is 35.1 Å². The van der Waals surface area contributed by atoms with Crippen molar-refractivity contribution in [2.45, 2.75) is 39.5 Å². The molecule has 0 aliphatic heterocycles. The predicted molar refractivity (Wildman–Crippen MR) is 110 cm³/mol. The van der Waals surface area contributed by atoms with Crippen LogP contribution in [-0.2, 0) is 0 Å². The number of benzene rings is 2. The van der Waals surface area contributed by atoms with Gasteiger partial charge in [0, 0.05) is 0 Å². The van der Waals surface area contributed by atoms with Crippen LogP contribution in [0.5, 0.6) is 11.5 Å². The summed E-state index contributed by atoms with van der Waals surface area (Å²) >= 11 is 0. The molecule has 0 amide bonds. The van der Waals surface area contributed by atoms with E-state index in [2.05, 4.69) is 10.3 Å². The molecule has 28 heavy (non-hydrogen) atoms. The van der Waals surface area contributed by atoms with Crippen LogP contribution in [0, 0.1) is 0 Å². The number of hydrogen-bond acceptors (Lipinski definition) is 6. The number of oxime groups is 2. The second kappa shape index (κ2) is 11.6. The number of unbranched alkanes of at least 4 members (excludes halogenated alkanes) is 1. The maximum Gasteiger partial charge on any atom is 0.119 e. The maximum atomic E-state index is 9.34. The van der Waals surface area contributed by atoms with E-state index < -0.39 is 0 Å². The number of rotatable bonds is 11. The summed E-state index contributed by atoms with van der Waals surface area (Å²) in [6, 6.07) is 15.0. The molecule has 0 saturated heterocycles. The Bertz CT molecular complexity index is 701. The molecular formula is C22H28N2O4. The lowest BCUT2D eigenvalue weighted by Gasteiger charge is -2.08. The second-order valence-corrected chi connectivity index (χ2v) is 6.22. The van der Waals surface area contributed by atoms with Gasteiger partial charge < -0.3 is 19.9 Å². The first-order chi connectivity index (χ1) is 13.7. The third-order valence-corrected chi connectivity index (χ3v) is 4.32. The molecular weight excluding hydrogens is 356 g/mol. The average Bonchev–Trinajstić information content (AvgIpc) is 2.73. The van der Waals surface area contributed by atoms with Gasteiger partial charge in [0.1, 0.15) is 11.5 Å². The molecule has 2 aromatic rings. The smallest absolute Gasteiger partial charge is 0.119 e. The van der Waals surface area contributed by atoms with Crippen molar-refractivity contribution in [1.82, 2.24) is 0 Å². The van der Waals surface area contributed by atoms with Gasteiger partial charge in [-0.25, -0.2) is 0 Å². The molecule has 0 bridgehead atoms. The van der Waals surface area contributed by atoms with E-state index in [1.165, 1.54) is 0 Å². The van der Waals surface area contributed by atoms with E-state index in [1.807, 2.05) is 62.4 Å². The van der Waals surface area contributed by atoms with Crippen LogP contribution in [0.2, 0.25) is 0 Å². The zero-order chi connectivity index (χ0) is 20.2. The Morgan fingerprint density at radius 2 is 1.04 bits per heavy atom. The molecule has 2 rings (SSSR count). The quantitative estimate of drug-likeness (QED) is 0.244. The largest absolute Gasteiger partial charge is 0.494 e. The summed E-state index contributed by atoms with van der Waals surface area (Å²) in [7, 11) is 0. The summed E-state index contributed by atoms with van der Waals surface area (Å²) in [5.74, 6) is 1.59. The molecule has 0 unspecified atom stereocenters. The molecule has 0 aliphatic rings. The van der Waals surface area contributed by atoms with Crippen LogP contribution >= 0.6 is 0 Å². The molecule has 0 fully saturated rings. The van der Waals surface area contributed by atoms with Crippen LogP contribution < -0.4 is 9.47 Å². The molecule has 2 aromatic carbocycles. The fourth-order valence-electron chi connectivity index (χ4n) is 2.91. The van der Waals surface area contributed by atoms with Gasteiger partial charge in [-0.15, -0.1) is 0 Å². The first-order valence-electron chi connectivity index (χ1n) is 9.60. The predicted octanol–water partition coefficient (Wildman–Crippen LogP) is 5.10. The van der Waals surface area contributed by atoms with Gasteiger partial charge in [-0.1, -0.05) is 10.3 Å². The van der Waals surface area contributed by atoms with E-state index in [0.717, 1.165) is 35.5 Å². The lowest BCUT2D eigenvalue weighted by atomic mass is 10.0. The summed E-state index contributed by atoms with van der Waals surface area (Å²) in [6.07, 6.45) is 2.88. The van der Waals surface area contributed by atoms with Gasteiger partial charge in [0.2, 0.25) is 0 Å². The Kier molecular flexibility index (Phi) is 8.85. The Morgan fingerprint density at radius 1 is 0.679 bits per heavy atom. The topological polar surface area (TPSA) is 83.6 Å². The summed E-state index contributed by atoms with van der Waals surface area (Å²) in [5, 5.41) is 25.5. The fourth-order valence-corrected chi connectivity index (χ4v) is 2.91. The van der Waals surface area contributed by atoms with Crippen molar-refractivity contribution in [3.8, 4) is 11.5 Å². The third-order valence-electron chi connectivity index (χ3n) is 4.32. The Morgan fingerprint density at radius 3 is 1.32 bits per heavy atom. The minimum atomic E-state index is 0.614. The minimum absolute atomic E-state index is 0.614. The number of ether oxygens (including phenoxy) is 2. The van der Waals surface area contributed by atoms with Gasteiger partial charge in [0.25, 0.3) is 0 Å². The van der Waals surface area contributed by atoms with E-state index in [4.69, 9.17) is 9.47 Å². The normalized spacial score (nSPS) is 12.1. The van der Waals surface area contributed by atoms with Crippen molar-refractivity contribution in [3.05, 3.63) is 59.7 Å². The Balaban J connectivity index is 1.85. The highest BCUT2D eigenvalue weighted by molar-refractivity contribution is 6.01. The summed E-state index contributed by atoms with van der Waals surface area (Å²) in [4.78, 5) is 0. The van der Waals surface area contributed by atoms with Crippen LogP contribution in [0.15, 0.2) is 58.8 Å². The third kappa shape index (κ3) is 6.30. The van der Waals surface area contributed by atoms with E-state index in [1.54, 1.807) is 0 Å². The molecule has 0 spiro atoms. The molecule has 6 nitrogen and oxygen atoms in total. The van der Waals surface area contributed by atoms with Crippen molar-refractivity contribution in [3.63, 3.8) is 0 Å². The molecule has 0 aromatic heterocycles. The van der Waals surface area contributed by atoms with Crippen LogP contribution in [0.3, 0.4) is 0 Å². The monoisotopic (exact) mass is 384 g/mol. The lowest BCUT2D eigenvalue weighted by molar-refractivity contribution is 0.316. The van der Waals surface area contributed by atoms with Gasteiger partial charge in [0.05, 0.1) is 24.6 Å². The fraction of sp³-hybridized carbons (Fsp3) is 0.364. The maximum absolute atomic E-state index is 9.34. The molecule has 2 N–H and O–H groups in total. The van der Waals surface area contributed by atoms with Crippen molar-refractivity contribution in [2.75, 3.05) is 13.2 Å². The molecule has 0 saturated carbocycles. The number of nitrogens with zero attached hydrogens (tertiary/aromatic N) is 2. The summed E-state index contributed by atoms with van der Waals surface area (Å²) < 4.78 is 10.9. The zero-order valence-electron chi connectivity index (χ0n) is 16.5. The van der Waals surface area contributed by atoms with Gasteiger partial charge in [-0.05, 0) is 99.2 Å². The van der Waals surface area contributed by atoms with Gasteiger partial charge >= 0.3 is 0 Å². The van der Waals surface area contributed by atoms with Crippen molar-refractivity contribution < 1.29 is 19.9 Å². The lowest BCUT2D eigenvalue weighted by Crippen LogP contribution is -2.04. The average molecular weight is 384 g/mol. The molecule has 0 radical (unpaired) electrons. The van der Waals surface area contributed by atoms with E-state index in [-0.39, 0.29) is 0 Å². The Labute approximate surface area is 166 Å². The van der Waals surface area contributed by atoms with Gasteiger partial charge in [-0.3, -0.25) is 0 Å². The van der Waals surface area contributed by atoms with Crippen molar-refractivity contribution in [1.29, 1.82) is 0 Å². The zero-order valence-corrected chi connectivity index (χ0v) is 16.5. The van der Waals surface area contributed by atoms with Gasteiger partial charge in [-0.2, -0.15) is 0 Å². The highest BCUT2D eigenvalue weighted by Crippen LogP contribution is 2.18. The minimum Gasteiger partial charge on any atom is -0.494 e. The van der Waals surface area contributed by atoms with Crippen molar-refractivity contribution >= 4 is 11.4 Å². The van der Waals surface area contributed by atoms with Crippen molar-refractivity contribution in [2.24, 2.45) is 10.3 Å². The van der Waals surface area contributed by atoms with E-state index in [9.17, 15) is 10.4 Å². The summed E-state index contributed by atoms with van der Waals surface area (Å²) in [5.41, 5.74) is 3.00. The van der Waals surface area contributed by atoms with E-state index in [0.29, 0.717) is 37.5 Å². The highest BCUT2D eigenvalue weighted by atomic mass is 16.5. The van der Waals surface area contributed by atoms with Gasteiger partial charge in [0.15, 0.2) is 0 Å². The molecule has 150 valence electrons. The highest BCUT2D eigenvalue weighted by Gasteiger charge is 2.08. The number of hydrogen-bond donors (Lipinski definition) is 2. The van der Waals surface area contributed by atoms with E-state index >= 15 is 0 Å². The van der Waals surface area contributed by atoms with Crippen LogP contribution in [0.4, 0.5) is 0 Å². The molecule has 0 atom stereocenters. The van der Waals surface area contributed by atoms with Crippen LogP contribution in [0.1, 0.15) is 50.7 Å². The molecule has 0 aliphatic carbocycles. The standard InChI is InChI=1S/C22H28N2O4/c1-3-27-19-13-9-17(10-14-19)21(23-25)7-5-6-8-22(24-26)18-11-15-20(16-12-18)28-4-2/h9-16,25-26H,3-8H2,1-2H3/b23-21-,24-22+. The SMILES string of the molecule is CCOc1ccc(/C(CCCC/C(=N\O)c2ccc(OCC)cc2)=N\O)cc1. The second-order valence-electron chi connectivity index (χ2n) is 6.22. The summed E-state index contributed by atoms with van der Waals surface area (Å²) in [6.45, 7) is 5.10. The Hall–Kier alpha value is -3.02.